The summed E-state index contributed by atoms with van der Waals surface area (Å²) in [6.07, 6.45) is 1.74. The Labute approximate surface area is 64.9 Å². The average molecular weight is 149 g/mol. The molecule has 1 unspecified atom stereocenters. The third kappa shape index (κ3) is 0.943. The van der Waals surface area contributed by atoms with E-state index in [1.807, 2.05) is 24.3 Å². The van der Waals surface area contributed by atoms with Crippen LogP contribution in [0.4, 0.5) is 11.4 Å². The first-order chi connectivity index (χ1) is 5.42. The third-order valence-electron chi connectivity index (χ3n) is 1.71. The minimum absolute atomic E-state index is 0.848. The molecule has 1 heterocycles. The van der Waals surface area contributed by atoms with E-state index < -0.39 is 0 Å². The summed E-state index contributed by atoms with van der Waals surface area (Å²) in [7, 11) is 1.66. The highest BCUT2D eigenvalue weighted by molar-refractivity contribution is 5.71. The molecule has 56 valence electrons. The van der Waals surface area contributed by atoms with Gasteiger partial charge in [-0.1, -0.05) is 12.1 Å². The van der Waals surface area contributed by atoms with Crippen LogP contribution in [0, 0.1) is 0 Å². The molecule has 0 fully saturated rings. The van der Waals surface area contributed by atoms with Gasteiger partial charge < -0.3 is 0 Å². The van der Waals surface area contributed by atoms with E-state index in [4.69, 9.17) is 4.84 Å². The first-order valence-electron chi connectivity index (χ1n) is 3.46. The second-order valence-electron chi connectivity index (χ2n) is 2.34. The summed E-state index contributed by atoms with van der Waals surface area (Å²) in [4.78, 5) is 9.27. The molecule has 0 saturated heterocycles. The molecule has 0 aliphatic carbocycles. The van der Waals surface area contributed by atoms with Gasteiger partial charge in [-0.05, 0) is 6.07 Å². The molecule has 3 heteroatoms. The number of fused-ring (bicyclic) bond motifs is 1. The summed E-state index contributed by atoms with van der Waals surface area (Å²) in [6.45, 7) is 0. The Bertz CT molecular complexity index is 296. The van der Waals surface area contributed by atoms with Crippen LogP contribution in [0.15, 0.2) is 29.3 Å². The van der Waals surface area contributed by atoms with Gasteiger partial charge in [-0.15, -0.1) is 5.06 Å². The number of benzene rings is 1. The Balaban J connectivity index is 2.46. The van der Waals surface area contributed by atoms with Crippen LogP contribution in [0.3, 0.4) is 0 Å². The van der Waals surface area contributed by atoms with Crippen molar-refractivity contribution in [2.75, 3.05) is 7.11 Å². The molecular formula is C8H9N2O+. The molecule has 2 rings (SSSR count). The number of rotatable bonds is 1. The van der Waals surface area contributed by atoms with E-state index in [9.17, 15) is 0 Å². The maximum atomic E-state index is 5.10. The number of nitrogens with one attached hydrogen (secondary N) is 1. The van der Waals surface area contributed by atoms with Gasteiger partial charge in [0.05, 0.1) is 7.11 Å². The Hall–Kier alpha value is -1.19. The summed E-state index contributed by atoms with van der Waals surface area (Å²) in [5, 5.41) is 0.848. The number of hydroxylamine groups is 1. The maximum Gasteiger partial charge on any atom is 0.227 e. The van der Waals surface area contributed by atoms with E-state index in [1.54, 1.807) is 13.4 Å². The fraction of sp³-hybridized carbons (Fsp3) is 0.125. The summed E-state index contributed by atoms with van der Waals surface area (Å²) in [6, 6.07) is 7.92. The second kappa shape index (κ2) is 2.45. The summed E-state index contributed by atoms with van der Waals surface area (Å²) >= 11 is 0. The Kier molecular flexibility index (Phi) is 1.45. The van der Waals surface area contributed by atoms with Crippen LogP contribution in [0.25, 0.3) is 0 Å². The molecule has 1 aromatic rings. The summed E-state index contributed by atoms with van der Waals surface area (Å²) in [5.74, 6) is 0. The van der Waals surface area contributed by atoms with Crippen LogP contribution in [0.5, 0.6) is 0 Å². The van der Waals surface area contributed by atoms with E-state index in [0.29, 0.717) is 0 Å². The molecule has 1 atom stereocenters. The lowest BCUT2D eigenvalue weighted by atomic mass is 10.3. The fourth-order valence-corrected chi connectivity index (χ4v) is 1.15. The molecule has 1 N–H and O–H groups in total. The topological polar surface area (TPSA) is 26.0 Å². The normalized spacial score (nSPS) is 20.3. The van der Waals surface area contributed by atoms with Crippen molar-refractivity contribution >= 4 is 17.7 Å². The summed E-state index contributed by atoms with van der Waals surface area (Å²) < 4.78 is 0. The Morgan fingerprint density at radius 2 is 2.18 bits per heavy atom. The number of hydrogen-bond donors (Lipinski definition) is 1. The van der Waals surface area contributed by atoms with Crippen molar-refractivity contribution in [1.82, 2.24) is 0 Å². The van der Waals surface area contributed by atoms with Crippen molar-refractivity contribution in [3.63, 3.8) is 0 Å². The van der Waals surface area contributed by atoms with Gasteiger partial charge in [0.1, 0.15) is 5.69 Å². The lowest BCUT2D eigenvalue weighted by Crippen LogP contribution is -3.03. The van der Waals surface area contributed by atoms with Crippen LogP contribution >= 0.6 is 0 Å². The average Bonchev–Trinajstić information content (AvgIpc) is 2.47. The van der Waals surface area contributed by atoms with E-state index in [-0.39, 0.29) is 0 Å². The van der Waals surface area contributed by atoms with Gasteiger partial charge in [-0.25, -0.2) is 0 Å². The number of quaternary nitrogens is 1. The lowest BCUT2D eigenvalue weighted by molar-refractivity contribution is -0.948. The van der Waals surface area contributed by atoms with E-state index in [2.05, 4.69) is 4.99 Å². The molecule has 1 aliphatic rings. The van der Waals surface area contributed by atoms with Crippen LogP contribution in [-0.2, 0) is 4.84 Å². The highest BCUT2D eigenvalue weighted by Crippen LogP contribution is 2.22. The maximum absolute atomic E-state index is 5.10. The van der Waals surface area contributed by atoms with Crippen molar-refractivity contribution < 1.29 is 9.90 Å². The van der Waals surface area contributed by atoms with Gasteiger partial charge in [0, 0.05) is 6.07 Å². The van der Waals surface area contributed by atoms with Gasteiger partial charge >= 0.3 is 0 Å². The monoisotopic (exact) mass is 149 g/mol. The van der Waals surface area contributed by atoms with Gasteiger partial charge in [-0.3, -0.25) is 0 Å². The first-order valence-corrected chi connectivity index (χ1v) is 3.46. The van der Waals surface area contributed by atoms with Crippen molar-refractivity contribution in [3.8, 4) is 0 Å². The number of para-hydroxylation sites is 2. The first kappa shape index (κ1) is 6.52. The molecule has 0 spiro atoms. The molecule has 11 heavy (non-hydrogen) atoms. The highest BCUT2D eigenvalue weighted by Gasteiger charge is 2.19. The van der Waals surface area contributed by atoms with Crippen LogP contribution < -0.4 is 5.06 Å². The predicted molar refractivity (Wildman–Crippen MR) is 42.2 cm³/mol. The summed E-state index contributed by atoms with van der Waals surface area (Å²) in [5.41, 5.74) is 2.07. The molecule has 1 aromatic carbocycles. The van der Waals surface area contributed by atoms with Crippen molar-refractivity contribution in [1.29, 1.82) is 0 Å². The van der Waals surface area contributed by atoms with E-state index in [0.717, 1.165) is 16.4 Å². The van der Waals surface area contributed by atoms with Gasteiger partial charge in [-0.2, -0.15) is 9.83 Å². The highest BCUT2D eigenvalue weighted by atomic mass is 16.7. The quantitative estimate of drug-likeness (QED) is 0.616. The van der Waals surface area contributed by atoms with Crippen LogP contribution in [-0.4, -0.2) is 13.4 Å². The van der Waals surface area contributed by atoms with Crippen molar-refractivity contribution in [3.05, 3.63) is 24.3 Å². The van der Waals surface area contributed by atoms with Crippen LogP contribution in [0.1, 0.15) is 0 Å². The molecule has 3 nitrogen and oxygen atoms in total. The largest absolute Gasteiger partial charge is 0.227 e. The van der Waals surface area contributed by atoms with Gasteiger partial charge in [0.2, 0.25) is 6.34 Å². The molecule has 0 amide bonds. The zero-order chi connectivity index (χ0) is 7.68. The van der Waals surface area contributed by atoms with Crippen molar-refractivity contribution in [2.45, 2.75) is 0 Å². The molecule has 0 aromatic heterocycles. The Morgan fingerprint density at radius 1 is 1.36 bits per heavy atom. The van der Waals surface area contributed by atoms with E-state index in [1.165, 1.54) is 0 Å². The molecule has 0 bridgehead atoms. The van der Waals surface area contributed by atoms with Gasteiger partial charge in [0.15, 0.2) is 5.69 Å². The van der Waals surface area contributed by atoms with Crippen LogP contribution in [0.2, 0.25) is 0 Å². The molecular weight excluding hydrogens is 140 g/mol. The van der Waals surface area contributed by atoms with E-state index >= 15 is 0 Å². The van der Waals surface area contributed by atoms with Crippen molar-refractivity contribution in [2.24, 2.45) is 4.99 Å². The number of hydrogen-bond acceptors (Lipinski definition) is 2. The minimum atomic E-state index is 0.848. The standard InChI is InChI=1S/C8H8N2O/c1-11-10-6-9-7-4-2-3-5-8(7)10/h2-6H,1H3/p+1. The molecule has 0 saturated carbocycles. The molecule has 0 radical (unpaired) electrons. The zero-order valence-corrected chi connectivity index (χ0v) is 6.24. The Morgan fingerprint density at radius 3 is 3.00 bits per heavy atom. The van der Waals surface area contributed by atoms with Gasteiger partial charge in [0.25, 0.3) is 0 Å². The molecule has 1 aliphatic heterocycles. The third-order valence-corrected chi connectivity index (χ3v) is 1.71. The SMILES string of the molecule is CO[NH+]1C=Nc2ccccc21. The number of nitrogens with zero attached hydrogens (tertiary/aromatic N) is 1. The second-order valence-corrected chi connectivity index (χ2v) is 2.34. The minimum Gasteiger partial charge on any atom is -0.196 e. The smallest absolute Gasteiger partial charge is 0.196 e. The predicted octanol–water partition coefficient (Wildman–Crippen LogP) is 0.438. The number of aliphatic imine (C=N–C) groups is 1. The zero-order valence-electron chi connectivity index (χ0n) is 6.24. The fourth-order valence-electron chi connectivity index (χ4n) is 1.15. The lowest BCUT2D eigenvalue weighted by Gasteiger charge is -2.02.